The molecule has 0 saturated heterocycles. The number of halogens is 6. The molecule has 0 unspecified atom stereocenters. The Kier molecular flexibility index (Phi) is 7.54. The summed E-state index contributed by atoms with van der Waals surface area (Å²) >= 11 is 0. The molecule has 0 bridgehead atoms. The molecule has 0 heterocycles. The van der Waals surface area contributed by atoms with Gasteiger partial charge in [-0.15, -0.1) is 0 Å². The first kappa shape index (κ1) is 27.3. The third-order valence-corrected chi connectivity index (χ3v) is 6.52. The van der Waals surface area contributed by atoms with Crippen LogP contribution in [0.3, 0.4) is 0 Å². The van der Waals surface area contributed by atoms with Gasteiger partial charge in [-0.05, 0) is 50.2 Å². The molecule has 0 atom stereocenters. The third-order valence-electron chi connectivity index (χ3n) is 4.29. The monoisotopic (exact) mass is 523 g/mol. The van der Waals surface area contributed by atoms with E-state index in [-0.39, 0.29) is 11.5 Å². The number of non-ortho nitro benzene ring substituents is 1. The summed E-state index contributed by atoms with van der Waals surface area (Å²) in [5.74, 6) is 0.318. The van der Waals surface area contributed by atoms with Gasteiger partial charge in [-0.3, -0.25) is 14.9 Å². The molecule has 0 saturated carbocycles. The van der Waals surface area contributed by atoms with Crippen molar-refractivity contribution >= 4 is 30.2 Å². The minimum absolute atomic E-state index is 0.0115. The van der Waals surface area contributed by atoms with Crippen molar-refractivity contribution in [2.24, 2.45) is 0 Å². The minimum atomic E-state index is -10.7. The van der Waals surface area contributed by atoms with Crippen molar-refractivity contribution < 1.29 is 34.9 Å². The normalized spacial score (nSPS) is 13.3. The van der Waals surface area contributed by atoms with Gasteiger partial charge in [0.05, 0.1) is 15.8 Å². The molecule has 0 spiro atoms. The van der Waals surface area contributed by atoms with Gasteiger partial charge in [-0.2, -0.15) is 0 Å². The van der Waals surface area contributed by atoms with Crippen molar-refractivity contribution in [2.45, 2.75) is 23.6 Å². The number of carbonyl (C=O) groups is 1. The summed E-state index contributed by atoms with van der Waals surface area (Å²) in [7, 11) is -11.1. The second-order valence-electron chi connectivity index (χ2n) is 7.35. The Morgan fingerprint density at radius 2 is 1.12 bits per heavy atom. The van der Waals surface area contributed by atoms with Crippen LogP contribution in [0, 0.1) is 24.0 Å². The van der Waals surface area contributed by atoms with Gasteiger partial charge in [0.1, 0.15) is 0 Å². The number of hydrogen-bond acceptors (Lipinski definition) is 3. The average Bonchev–Trinajstić information content (AvgIpc) is 2.71. The zero-order valence-electron chi connectivity index (χ0n) is 17.9. The van der Waals surface area contributed by atoms with E-state index in [4.69, 9.17) is 0 Å². The molecule has 4 nitrogen and oxygen atoms in total. The predicted molar refractivity (Wildman–Crippen MR) is 122 cm³/mol. The second kappa shape index (κ2) is 9.38. The molecule has 0 aromatic heterocycles. The number of Topliss-reactive ketones (excluding diaryl/α,β-unsaturated/α-hetero) is 1. The molecular formula is C22H20F6NO3PS. The first-order valence-corrected chi connectivity index (χ1v) is 13.0. The second-order valence-corrected chi connectivity index (χ2v) is 11.3. The molecule has 0 aliphatic heterocycles. The van der Waals surface area contributed by atoms with E-state index in [9.17, 15) is 40.1 Å². The fourth-order valence-electron chi connectivity index (χ4n) is 2.69. The van der Waals surface area contributed by atoms with Crippen molar-refractivity contribution in [1.82, 2.24) is 0 Å². The maximum atomic E-state index is 12.9. The Morgan fingerprint density at radius 1 is 0.765 bits per heavy atom. The Balaban J connectivity index is 0.000000509. The summed E-state index contributed by atoms with van der Waals surface area (Å²) in [5, 5.41) is 10.8. The van der Waals surface area contributed by atoms with Crippen LogP contribution in [0.25, 0.3) is 0 Å². The van der Waals surface area contributed by atoms with Gasteiger partial charge < -0.3 is 0 Å². The predicted octanol–water partition coefficient (Wildman–Crippen LogP) is 8.51. The van der Waals surface area contributed by atoms with Crippen LogP contribution in [0.5, 0.6) is 0 Å². The summed E-state index contributed by atoms with van der Waals surface area (Å²) in [4.78, 5) is 25.4. The van der Waals surface area contributed by atoms with Crippen LogP contribution in [-0.2, 0) is 10.9 Å². The molecule has 3 rings (SSSR count). The molecule has 0 radical (unpaired) electrons. The van der Waals surface area contributed by atoms with Crippen LogP contribution < -0.4 is 0 Å². The topological polar surface area (TPSA) is 60.2 Å². The van der Waals surface area contributed by atoms with E-state index in [1.807, 2.05) is 13.8 Å². The third kappa shape index (κ3) is 10.4. The molecule has 34 heavy (non-hydrogen) atoms. The number of ketones is 1. The molecular weight excluding hydrogens is 503 g/mol. The molecule has 0 aliphatic rings. The molecule has 0 amide bonds. The summed E-state index contributed by atoms with van der Waals surface area (Å²) in [6, 6.07) is 22.3. The quantitative estimate of drug-likeness (QED) is 0.0813. The molecule has 184 valence electrons. The summed E-state index contributed by atoms with van der Waals surface area (Å²) < 4.78 is 59.2. The van der Waals surface area contributed by atoms with Crippen molar-refractivity contribution in [3.63, 3.8) is 0 Å². The number of nitro groups is 1. The molecule has 0 fully saturated rings. The Morgan fingerprint density at radius 3 is 1.44 bits per heavy atom. The first-order chi connectivity index (χ1) is 15.4. The van der Waals surface area contributed by atoms with Crippen molar-refractivity contribution in [2.75, 3.05) is 5.75 Å². The van der Waals surface area contributed by atoms with E-state index in [1.165, 1.54) is 35.4 Å². The summed E-state index contributed by atoms with van der Waals surface area (Å²) in [6.07, 6.45) is 0. The van der Waals surface area contributed by atoms with E-state index >= 15 is 0 Å². The zero-order valence-corrected chi connectivity index (χ0v) is 19.6. The standard InChI is InChI=1S/C22H20NO3S.F6P/c1-16-3-11-20(12-4-16)27(21-13-5-17(2)6-14-21)15-22(24)18-7-9-19(10-8-18)23(25)26;1-7(2,3,4,5)6/h3-14H,15H2,1-2H3;/q+1;-1. The number of benzene rings is 3. The van der Waals surface area contributed by atoms with Crippen LogP contribution in [-0.4, -0.2) is 16.5 Å². The van der Waals surface area contributed by atoms with Gasteiger partial charge in [0.15, 0.2) is 15.5 Å². The Bertz CT molecular complexity index is 1110. The summed E-state index contributed by atoms with van der Waals surface area (Å²) in [6.45, 7) is 4.08. The Hall–Kier alpha value is -2.91. The molecule has 0 aliphatic carbocycles. The number of carbonyl (C=O) groups excluding carboxylic acids is 1. The average molecular weight is 523 g/mol. The van der Waals surface area contributed by atoms with Gasteiger partial charge in [-0.25, -0.2) is 0 Å². The Labute approximate surface area is 194 Å². The van der Waals surface area contributed by atoms with Gasteiger partial charge in [-0.1, -0.05) is 35.4 Å². The number of aryl methyl sites for hydroxylation is 2. The van der Waals surface area contributed by atoms with Crippen LogP contribution in [0.4, 0.5) is 30.9 Å². The fraction of sp³-hybridized carbons (Fsp3) is 0.136. The van der Waals surface area contributed by atoms with E-state index in [2.05, 4.69) is 48.5 Å². The molecule has 3 aromatic rings. The van der Waals surface area contributed by atoms with Crippen LogP contribution in [0.1, 0.15) is 21.5 Å². The molecule has 0 N–H and O–H groups in total. The maximum absolute atomic E-state index is 12.9. The fourth-order valence-corrected chi connectivity index (χ4v) is 4.65. The van der Waals surface area contributed by atoms with Crippen molar-refractivity contribution in [3.8, 4) is 0 Å². The van der Waals surface area contributed by atoms with E-state index in [1.54, 1.807) is 0 Å². The van der Waals surface area contributed by atoms with Crippen LogP contribution >= 0.6 is 7.81 Å². The van der Waals surface area contributed by atoms with Crippen molar-refractivity contribution in [1.29, 1.82) is 0 Å². The van der Waals surface area contributed by atoms with E-state index in [0.29, 0.717) is 11.3 Å². The summed E-state index contributed by atoms with van der Waals surface area (Å²) in [5.41, 5.74) is 2.83. The number of nitro benzene ring substituents is 1. The molecule has 3 aromatic carbocycles. The van der Waals surface area contributed by atoms with Gasteiger partial charge in [0.2, 0.25) is 5.78 Å². The van der Waals surface area contributed by atoms with E-state index < -0.39 is 23.6 Å². The van der Waals surface area contributed by atoms with Crippen LogP contribution in [0.15, 0.2) is 82.6 Å². The number of nitrogens with zero attached hydrogens (tertiary/aromatic N) is 1. The van der Waals surface area contributed by atoms with Crippen molar-refractivity contribution in [3.05, 3.63) is 99.6 Å². The van der Waals surface area contributed by atoms with E-state index in [0.717, 1.165) is 9.79 Å². The first-order valence-electron chi connectivity index (χ1n) is 9.57. The molecule has 12 heteroatoms. The van der Waals surface area contributed by atoms with Gasteiger partial charge in [0.25, 0.3) is 5.69 Å². The zero-order chi connectivity index (χ0) is 25.8. The van der Waals surface area contributed by atoms with Crippen LogP contribution in [0.2, 0.25) is 0 Å². The van der Waals surface area contributed by atoms with Gasteiger partial charge >= 0.3 is 33.0 Å². The number of hydrogen-bond donors (Lipinski definition) is 0. The van der Waals surface area contributed by atoms with Gasteiger partial charge in [0, 0.05) is 17.7 Å². The number of rotatable bonds is 6. The SMILES string of the molecule is Cc1ccc([S+](CC(=O)c2ccc([N+](=O)[O-])cc2)c2ccc(C)cc2)cc1.F[P-](F)(F)(F)(F)F.